The van der Waals surface area contributed by atoms with Gasteiger partial charge in [0.2, 0.25) is 14.9 Å². The first kappa shape index (κ1) is 19.9. The molecule has 0 saturated heterocycles. The smallest absolute Gasteiger partial charge is 0.229 e. The first-order valence-electron chi connectivity index (χ1n) is 9.46. The van der Waals surface area contributed by atoms with Crippen molar-refractivity contribution in [3.8, 4) is 0 Å². The molecular formula is C21H16ClN5O2S2. The highest BCUT2D eigenvalue weighted by atomic mass is 35.5. The number of hydrogen-bond donors (Lipinski definition) is 1. The zero-order chi connectivity index (χ0) is 21.6. The van der Waals surface area contributed by atoms with Gasteiger partial charge in [0.05, 0.1) is 15.1 Å². The van der Waals surface area contributed by atoms with Gasteiger partial charge in [0.25, 0.3) is 0 Å². The summed E-state index contributed by atoms with van der Waals surface area (Å²) in [7, 11) is -3.96. The number of rotatable bonds is 5. The molecule has 0 fully saturated rings. The minimum Gasteiger partial charge on any atom is -0.339 e. The first-order valence-corrected chi connectivity index (χ1v) is 12.2. The lowest BCUT2D eigenvalue weighted by Crippen LogP contribution is -2.05. The van der Waals surface area contributed by atoms with E-state index < -0.39 is 9.84 Å². The quantitative estimate of drug-likeness (QED) is 0.383. The zero-order valence-electron chi connectivity index (χ0n) is 16.3. The molecule has 3 aromatic heterocycles. The highest BCUT2D eigenvalue weighted by molar-refractivity contribution is 7.91. The summed E-state index contributed by atoms with van der Waals surface area (Å²) in [5.41, 5.74) is 2.96. The van der Waals surface area contributed by atoms with Crippen molar-refractivity contribution >= 4 is 60.1 Å². The van der Waals surface area contributed by atoms with Crippen molar-refractivity contribution in [2.75, 3.05) is 5.32 Å². The number of halogens is 1. The van der Waals surface area contributed by atoms with Crippen molar-refractivity contribution < 1.29 is 8.42 Å². The Kier molecular flexibility index (Phi) is 4.88. The lowest BCUT2D eigenvalue weighted by Gasteiger charge is -2.09. The van der Waals surface area contributed by atoms with Crippen LogP contribution in [0.3, 0.4) is 0 Å². The molecule has 2 aromatic carbocycles. The molecule has 10 heteroatoms. The van der Waals surface area contributed by atoms with Gasteiger partial charge in [0, 0.05) is 10.7 Å². The molecule has 0 aliphatic carbocycles. The fourth-order valence-corrected chi connectivity index (χ4v) is 5.64. The second-order valence-electron chi connectivity index (χ2n) is 6.86. The average Bonchev–Trinajstić information content (AvgIpc) is 3.42. The van der Waals surface area contributed by atoms with Crippen molar-refractivity contribution in [2.24, 2.45) is 0 Å². The third-order valence-electron chi connectivity index (χ3n) is 4.91. The van der Waals surface area contributed by atoms with E-state index in [9.17, 15) is 8.42 Å². The fraction of sp³-hybridized carbons (Fsp3) is 0.0952. The van der Waals surface area contributed by atoms with Crippen LogP contribution in [0.4, 0.5) is 11.5 Å². The molecule has 7 nitrogen and oxygen atoms in total. The Morgan fingerprint density at radius 2 is 1.94 bits per heavy atom. The topological polar surface area (TPSA) is 89.2 Å². The lowest BCUT2D eigenvalue weighted by atomic mass is 10.1. The molecule has 0 atom stereocenters. The number of aromatic nitrogens is 4. The van der Waals surface area contributed by atoms with E-state index in [2.05, 4.69) is 27.5 Å². The van der Waals surface area contributed by atoms with Gasteiger partial charge in [0.1, 0.15) is 0 Å². The third-order valence-corrected chi connectivity index (χ3v) is 7.70. The molecule has 0 spiro atoms. The summed E-state index contributed by atoms with van der Waals surface area (Å²) in [6.45, 7) is 2.10. The summed E-state index contributed by atoms with van der Waals surface area (Å²) in [5.74, 6) is 0.548. The number of fused-ring (bicyclic) bond motifs is 3. The Balaban J connectivity index is 1.68. The van der Waals surface area contributed by atoms with Crippen LogP contribution >= 0.6 is 22.9 Å². The normalized spacial score (nSPS) is 11.9. The van der Waals surface area contributed by atoms with Gasteiger partial charge in [0.15, 0.2) is 11.5 Å². The zero-order valence-corrected chi connectivity index (χ0v) is 18.7. The molecule has 0 unspecified atom stereocenters. The number of benzene rings is 2. The van der Waals surface area contributed by atoms with Gasteiger partial charge < -0.3 is 5.32 Å². The van der Waals surface area contributed by atoms with E-state index in [1.165, 1.54) is 33.5 Å². The average molecular weight is 470 g/mol. The van der Waals surface area contributed by atoms with Crippen molar-refractivity contribution in [2.45, 2.75) is 23.3 Å². The van der Waals surface area contributed by atoms with Crippen LogP contribution in [-0.2, 0) is 16.3 Å². The van der Waals surface area contributed by atoms with E-state index in [4.69, 9.17) is 11.6 Å². The van der Waals surface area contributed by atoms with Crippen molar-refractivity contribution in [3.63, 3.8) is 0 Å². The highest BCUT2D eigenvalue weighted by Crippen LogP contribution is 2.33. The molecule has 0 saturated carbocycles. The van der Waals surface area contributed by atoms with Gasteiger partial charge in [-0.25, -0.2) is 13.4 Å². The van der Waals surface area contributed by atoms with Crippen LogP contribution < -0.4 is 5.32 Å². The standard InChI is InChI=1S/C21H16ClN5O2S2/c1-2-13-6-8-15(9-7-13)23-19-18-17(10-11-30-18)27-20(24-19)21(25-26-27)31(28,29)16-5-3-4-14(22)12-16/h3-12H,2H2,1H3,(H,23,24). The Bertz CT molecular complexity index is 1530. The molecule has 3 heterocycles. The van der Waals surface area contributed by atoms with E-state index in [-0.39, 0.29) is 15.6 Å². The van der Waals surface area contributed by atoms with Crippen molar-refractivity contribution in [1.29, 1.82) is 0 Å². The van der Waals surface area contributed by atoms with Crippen LogP contribution in [0.5, 0.6) is 0 Å². The Morgan fingerprint density at radius 3 is 2.68 bits per heavy atom. The molecule has 1 N–H and O–H groups in total. The molecular weight excluding hydrogens is 454 g/mol. The number of hydrogen-bond acceptors (Lipinski definition) is 7. The van der Waals surface area contributed by atoms with Crippen LogP contribution in [0, 0.1) is 0 Å². The molecule has 0 amide bonds. The number of nitrogens with one attached hydrogen (secondary N) is 1. The van der Waals surface area contributed by atoms with Crippen LogP contribution in [0.1, 0.15) is 12.5 Å². The predicted octanol–water partition coefficient (Wildman–Crippen LogP) is 5.13. The second kappa shape index (κ2) is 7.60. The van der Waals surface area contributed by atoms with Gasteiger partial charge in [-0.2, -0.15) is 4.52 Å². The summed E-state index contributed by atoms with van der Waals surface area (Å²) in [5, 5.41) is 13.4. The highest BCUT2D eigenvalue weighted by Gasteiger charge is 2.27. The summed E-state index contributed by atoms with van der Waals surface area (Å²) >= 11 is 7.49. The summed E-state index contributed by atoms with van der Waals surface area (Å²) in [6, 6.07) is 16.0. The van der Waals surface area contributed by atoms with Crippen molar-refractivity contribution in [1.82, 2.24) is 19.8 Å². The minimum atomic E-state index is -3.96. The van der Waals surface area contributed by atoms with Gasteiger partial charge in [-0.05, 0) is 53.8 Å². The molecule has 0 aliphatic heterocycles. The van der Waals surface area contributed by atoms with Crippen molar-refractivity contribution in [3.05, 3.63) is 70.6 Å². The predicted molar refractivity (Wildman–Crippen MR) is 122 cm³/mol. The number of nitrogens with zero attached hydrogens (tertiary/aromatic N) is 4. The molecule has 0 aliphatic rings. The van der Waals surface area contributed by atoms with Crippen LogP contribution in [0.15, 0.2) is 69.9 Å². The van der Waals surface area contributed by atoms with E-state index >= 15 is 0 Å². The van der Waals surface area contributed by atoms with Gasteiger partial charge in [-0.1, -0.05) is 41.9 Å². The summed E-state index contributed by atoms with van der Waals surface area (Å²) < 4.78 is 28.8. The third kappa shape index (κ3) is 3.44. The van der Waals surface area contributed by atoms with Gasteiger partial charge in [-0.15, -0.1) is 16.4 Å². The molecule has 156 valence electrons. The van der Waals surface area contributed by atoms with E-state index in [0.29, 0.717) is 10.8 Å². The van der Waals surface area contributed by atoms with Gasteiger partial charge in [-0.3, -0.25) is 0 Å². The number of anilines is 2. The molecule has 5 aromatic rings. The van der Waals surface area contributed by atoms with E-state index in [1.54, 1.807) is 12.1 Å². The molecule has 0 bridgehead atoms. The fourth-order valence-electron chi connectivity index (χ4n) is 3.29. The summed E-state index contributed by atoms with van der Waals surface area (Å²) in [6.07, 6.45) is 0.950. The molecule has 5 rings (SSSR count). The molecule has 31 heavy (non-hydrogen) atoms. The maximum atomic E-state index is 13.2. The van der Waals surface area contributed by atoms with E-state index in [0.717, 1.165) is 22.3 Å². The first-order chi connectivity index (χ1) is 15.0. The Labute approximate surface area is 187 Å². The largest absolute Gasteiger partial charge is 0.339 e. The van der Waals surface area contributed by atoms with E-state index in [1.807, 2.05) is 35.7 Å². The van der Waals surface area contributed by atoms with Crippen LogP contribution in [0.2, 0.25) is 5.02 Å². The monoisotopic (exact) mass is 469 g/mol. The number of sulfone groups is 1. The maximum absolute atomic E-state index is 13.2. The van der Waals surface area contributed by atoms with Crippen LogP contribution in [-0.4, -0.2) is 28.2 Å². The SMILES string of the molecule is CCc1ccc(Nc2nc3c(S(=O)(=O)c4cccc(Cl)c4)nnn3c3ccsc23)cc1. The minimum absolute atomic E-state index is 0.0410. The number of thiophene rings is 1. The number of aryl methyl sites for hydroxylation is 1. The Hall–Kier alpha value is -3.01. The lowest BCUT2D eigenvalue weighted by molar-refractivity contribution is 0.592. The summed E-state index contributed by atoms with van der Waals surface area (Å²) in [4.78, 5) is 4.65. The van der Waals surface area contributed by atoms with Gasteiger partial charge >= 0.3 is 0 Å². The second-order valence-corrected chi connectivity index (χ2v) is 10.1. The maximum Gasteiger partial charge on any atom is 0.229 e. The Morgan fingerprint density at radius 1 is 1.13 bits per heavy atom. The molecule has 0 radical (unpaired) electrons. The van der Waals surface area contributed by atoms with Crippen LogP contribution in [0.25, 0.3) is 15.9 Å².